The molecule has 0 unspecified atom stereocenters. The van der Waals surface area contributed by atoms with Crippen LogP contribution in [0.15, 0.2) is 84.9 Å². The first kappa shape index (κ1) is 42.8. The average molecular weight is 735 g/mol. The number of unbranched alkanes of at least 4 members (excludes halogenated alkanes) is 18. The summed E-state index contributed by atoms with van der Waals surface area (Å²) in [6, 6.07) is 27.8. The number of ether oxygens (including phenoxy) is 2. The van der Waals surface area contributed by atoms with E-state index in [1.54, 1.807) is 12.1 Å². The van der Waals surface area contributed by atoms with Crippen molar-refractivity contribution in [1.82, 2.24) is 0 Å². The number of aromatic hydroxyl groups is 2. The maximum absolute atomic E-state index is 10.9. The molecule has 2 N–H and O–H groups in total. The van der Waals surface area contributed by atoms with E-state index >= 15 is 0 Å². The molecule has 0 saturated carbocycles. The summed E-state index contributed by atoms with van der Waals surface area (Å²) in [6.07, 6.45) is 29.3. The Balaban J connectivity index is 1.12. The van der Waals surface area contributed by atoms with Crippen LogP contribution in [0.3, 0.4) is 0 Å². The van der Waals surface area contributed by atoms with Gasteiger partial charge in [-0.05, 0) is 84.3 Å². The van der Waals surface area contributed by atoms with Crippen LogP contribution in [0, 0.1) is 0 Å². The molecule has 0 aliphatic rings. The van der Waals surface area contributed by atoms with Gasteiger partial charge in [-0.1, -0.05) is 178 Å². The van der Waals surface area contributed by atoms with Crippen molar-refractivity contribution in [2.75, 3.05) is 0 Å². The molecule has 0 saturated heterocycles. The van der Waals surface area contributed by atoms with Crippen LogP contribution in [0.25, 0.3) is 11.1 Å². The normalized spacial score (nSPS) is 11.2. The van der Waals surface area contributed by atoms with Crippen molar-refractivity contribution in [3.63, 3.8) is 0 Å². The molecule has 0 aliphatic carbocycles. The van der Waals surface area contributed by atoms with E-state index in [1.807, 2.05) is 48.5 Å². The van der Waals surface area contributed by atoms with Gasteiger partial charge in [-0.2, -0.15) is 0 Å². The second-order valence-corrected chi connectivity index (χ2v) is 15.4. The zero-order valence-electron chi connectivity index (χ0n) is 33.8. The Kier molecular flexibility index (Phi) is 20.6. The predicted octanol–water partition coefficient (Wildman–Crippen LogP) is 14.8. The van der Waals surface area contributed by atoms with E-state index < -0.39 is 0 Å². The van der Waals surface area contributed by atoms with Crippen LogP contribution in [0.5, 0.6) is 23.0 Å². The third-order valence-electron chi connectivity index (χ3n) is 10.7. The maximum atomic E-state index is 10.9. The highest BCUT2D eigenvalue weighted by molar-refractivity contribution is 5.75. The van der Waals surface area contributed by atoms with E-state index in [-0.39, 0.29) is 11.5 Å². The van der Waals surface area contributed by atoms with Crippen LogP contribution < -0.4 is 9.47 Å². The van der Waals surface area contributed by atoms with E-state index in [4.69, 9.17) is 9.47 Å². The Morgan fingerprint density at radius 3 is 0.963 bits per heavy atom. The van der Waals surface area contributed by atoms with Crippen molar-refractivity contribution in [3.05, 3.63) is 107 Å². The average Bonchev–Trinajstić information content (AvgIpc) is 3.19. The lowest BCUT2D eigenvalue weighted by Gasteiger charge is -2.12. The summed E-state index contributed by atoms with van der Waals surface area (Å²) in [6.45, 7) is 5.26. The highest BCUT2D eigenvalue weighted by Crippen LogP contribution is 2.37. The zero-order valence-corrected chi connectivity index (χ0v) is 33.8. The van der Waals surface area contributed by atoms with Crippen molar-refractivity contribution < 1.29 is 19.7 Å². The van der Waals surface area contributed by atoms with Gasteiger partial charge >= 0.3 is 0 Å². The second-order valence-electron chi connectivity index (χ2n) is 15.4. The molecule has 294 valence electrons. The standard InChI is InChI=1S/C50H70O4/c1-3-5-7-9-11-13-15-17-19-21-23-41-25-31-45(32-26-41)53-39-43-29-35-47(49(51)37-43)48-36-30-44(38-50(48)52)40-54-46-33-27-42(28-34-46)24-22-20-18-16-14-12-10-8-6-4-2/h25-38,51-52H,3-24,39-40H2,1-2H3. The van der Waals surface area contributed by atoms with Crippen molar-refractivity contribution in [3.8, 4) is 34.1 Å². The summed E-state index contributed by atoms with van der Waals surface area (Å²) < 4.78 is 12.1. The number of phenolic OH excluding ortho intramolecular Hbond substituents is 2. The van der Waals surface area contributed by atoms with Crippen LogP contribution in [-0.2, 0) is 26.1 Å². The Hall–Kier alpha value is -3.92. The minimum Gasteiger partial charge on any atom is -0.507 e. The van der Waals surface area contributed by atoms with Crippen LogP contribution in [0.1, 0.15) is 165 Å². The van der Waals surface area contributed by atoms with Gasteiger partial charge < -0.3 is 19.7 Å². The summed E-state index contributed by atoms with van der Waals surface area (Å²) in [4.78, 5) is 0. The molecule has 0 amide bonds. The fourth-order valence-corrected chi connectivity index (χ4v) is 7.26. The summed E-state index contributed by atoms with van der Waals surface area (Å²) >= 11 is 0. The van der Waals surface area contributed by atoms with Crippen molar-refractivity contribution in [2.24, 2.45) is 0 Å². The Labute approximate surface area is 328 Å². The van der Waals surface area contributed by atoms with Gasteiger partial charge in [0.25, 0.3) is 0 Å². The van der Waals surface area contributed by atoms with E-state index in [1.165, 1.54) is 140 Å². The third-order valence-corrected chi connectivity index (χ3v) is 10.7. The topological polar surface area (TPSA) is 58.9 Å². The van der Waals surface area contributed by atoms with E-state index in [2.05, 4.69) is 38.1 Å². The molecular formula is C50H70O4. The molecule has 4 aromatic rings. The molecule has 0 fully saturated rings. The Morgan fingerprint density at radius 1 is 0.352 bits per heavy atom. The molecule has 4 nitrogen and oxygen atoms in total. The van der Waals surface area contributed by atoms with Crippen molar-refractivity contribution >= 4 is 0 Å². The number of benzene rings is 4. The third kappa shape index (κ3) is 16.6. The highest BCUT2D eigenvalue weighted by atomic mass is 16.5. The number of hydrogen-bond donors (Lipinski definition) is 2. The van der Waals surface area contributed by atoms with Crippen LogP contribution in [0.2, 0.25) is 0 Å². The molecule has 4 aromatic carbocycles. The molecule has 4 heteroatoms. The van der Waals surface area contributed by atoms with Gasteiger partial charge in [0.05, 0.1) is 0 Å². The van der Waals surface area contributed by atoms with Crippen molar-refractivity contribution in [2.45, 2.75) is 168 Å². The SMILES string of the molecule is CCCCCCCCCCCCc1ccc(OCc2ccc(-c3ccc(COc4ccc(CCCCCCCCCCCC)cc4)cc3O)c(O)c2)cc1. The zero-order chi connectivity index (χ0) is 38.1. The minimum atomic E-state index is 0.111. The van der Waals surface area contributed by atoms with E-state index in [0.29, 0.717) is 24.3 Å². The van der Waals surface area contributed by atoms with Gasteiger partial charge in [0.2, 0.25) is 0 Å². The van der Waals surface area contributed by atoms with Crippen molar-refractivity contribution in [1.29, 1.82) is 0 Å². The molecule has 0 aliphatic heterocycles. The van der Waals surface area contributed by atoms with Gasteiger partial charge in [-0.25, -0.2) is 0 Å². The fraction of sp³-hybridized carbons (Fsp3) is 0.520. The molecule has 0 spiro atoms. The molecule has 0 radical (unpaired) electrons. The molecule has 0 heterocycles. The monoisotopic (exact) mass is 735 g/mol. The van der Waals surface area contributed by atoms with Crippen LogP contribution in [0.4, 0.5) is 0 Å². The fourth-order valence-electron chi connectivity index (χ4n) is 7.26. The number of hydrogen-bond acceptors (Lipinski definition) is 4. The second kappa shape index (κ2) is 26.0. The minimum absolute atomic E-state index is 0.111. The summed E-state index contributed by atoms with van der Waals surface area (Å²) in [5.41, 5.74) is 5.60. The Morgan fingerprint density at radius 2 is 0.648 bits per heavy atom. The first-order valence-corrected chi connectivity index (χ1v) is 21.6. The molecule has 0 bridgehead atoms. The van der Waals surface area contributed by atoms with Gasteiger partial charge in [0.1, 0.15) is 36.2 Å². The van der Waals surface area contributed by atoms with Gasteiger partial charge in [-0.3, -0.25) is 0 Å². The quantitative estimate of drug-likeness (QED) is 0.0545. The molecule has 4 rings (SSSR count). The lowest BCUT2D eigenvalue weighted by atomic mass is 10.0. The first-order chi connectivity index (χ1) is 26.6. The highest BCUT2D eigenvalue weighted by Gasteiger charge is 2.12. The van der Waals surface area contributed by atoms with E-state index in [0.717, 1.165) is 35.5 Å². The van der Waals surface area contributed by atoms with E-state index in [9.17, 15) is 10.2 Å². The first-order valence-electron chi connectivity index (χ1n) is 21.6. The lowest BCUT2D eigenvalue weighted by Crippen LogP contribution is -1.97. The van der Waals surface area contributed by atoms with Crippen LogP contribution in [-0.4, -0.2) is 10.2 Å². The van der Waals surface area contributed by atoms with Gasteiger partial charge in [0, 0.05) is 11.1 Å². The largest absolute Gasteiger partial charge is 0.507 e. The molecule has 0 atom stereocenters. The van der Waals surface area contributed by atoms with Crippen LogP contribution >= 0.6 is 0 Å². The van der Waals surface area contributed by atoms with Gasteiger partial charge in [0.15, 0.2) is 0 Å². The summed E-state index contributed by atoms with van der Waals surface area (Å²) in [7, 11) is 0. The predicted molar refractivity (Wildman–Crippen MR) is 228 cm³/mol. The Bertz CT molecular complexity index is 1440. The summed E-state index contributed by atoms with van der Waals surface area (Å²) in [5, 5.41) is 21.8. The number of aryl methyl sites for hydroxylation is 2. The molecular weight excluding hydrogens is 665 g/mol. The molecule has 54 heavy (non-hydrogen) atoms. The van der Waals surface area contributed by atoms with Gasteiger partial charge in [-0.15, -0.1) is 0 Å². The lowest BCUT2D eigenvalue weighted by molar-refractivity contribution is 0.305. The number of phenols is 2. The molecule has 0 aromatic heterocycles. The maximum Gasteiger partial charge on any atom is 0.123 e. The summed E-state index contributed by atoms with van der Waals surface area (Å²) in [5.74, 6) is 1.86. The number of rotatable bonds is 29. The smallest absolute Gasteiger partial charge is 0.123 e.